The smallest absolute Gasteiger partial charge is 0.124 e. The molecule has 0 spiro atoms. The molecule has 2 unspecified atom stereocenters. The minimum Gasteiger partial charge on any atom is -0.496 e. The van der Waals surface area contributed by atoms with Crippen molar-refractivity contribution in [2.45, 2.75) is 19.4 Å². The summed E-state index contributed by atoms with van der Waals surface area (Å²) in [5.41, 5.74) is 8.00. The fourth-order valence-corrected chi connectivity index (χ4v) is 2.92. The Bertz CT molecular complexity index is 436. The average molecular weight is 269 g/mol. The Labute approximate surface area is 114 Å². The van der Waals surface area contributed by atoms with Crippen LogP contribution in [0.3, 0.4) is 0 Å². The van der Waals surface area contributed by atoms with E-state index in [4.69, 9.17) is 22.1 Å². The molecule has 18 heavy (non-hydrogen) atoms. The van der Waals surface area contributed by atoms with Crippen molar-refractivity contribution in [1.29, 1.82) is 0 Å². The molecule has 0 saturated carbocycles. The molecule has 0 bridgehead atoms. The van der Waals surface area contributed by atoms with E-state index >= 15 is 0 Å². The summed E-state index contributed by atoms with van der Waals surface area (Å²) in [6, 6.07) is 4.41. The lowest BCUT2D eigenvalue weighted by Crippen LogP contribution is -2.20. The molecule has 0 aliphatic carbocycles. The van der Waals surface area contributed by atoms with Gasteiger partial charge in [-0.05, 0) is 50.6 Å². The van der Waals surface area contributed by atoms with Gasteiger partial charge in [-0.3, -0.25) is 4.90 Å². The van der Waals surface area contributed by atoms with Crippen LogP contribution in [0.1, 0.15) is 23.6 Å². The van der Waals surface area contributed by atoms with Gasteiger partial charge in [0.2, 0.25) is 0 Å². The van der Waals surface area contributed by atoms with Crippen molar-refractivity contribution in [3.05, 3.63) is 28.3 Å². The fourth-order valence-electron chi connectivity index (χ4n) is 2.75. The van der Waals surface area contributed by atoms with Crippen molar-refractivity contribution in [3.8, 4) is 5.75 Å². The number of aryl methyl sites for hydroxylation is 1. The van der Waals surface area contributed by atoms with E-state index in [-0.39, 0.29) is 0 Å². The maximum atomic E-state index is 6.24. The lowest BCUT2D eigenvalue weighted by atomic mass is 9.98. The number of likely N-dealkylation sites (tertiary alicyclic amines) is 1. The van der Waals surface area contributed by atoms with Crippen molar-refractivity contribution < 1.29 is 4.74 Å². The van der Waals surface area contributed by atoms with Crippen LogP contribution in [0.15, 0.2) is 12.1 Å². The van der Waals surface area contributed by atoms with Crippen molar-refractivity contribution in [3.63, 3.8) is 0 Å². The van der Waals surface area contributed by atoms with E-state index in [2.05, 4.69) is 11.9 Å². The molecule has 3 nitrogen and oxygen atoms in total. The Kier molecular flexibility index (Phi) is 4.15. The molecule has 2 rings (SSSR count). The molecule has 0 aromatic heterocycles. The van der Waals surface area contributed by atoms with E-state index < -0.39 is 0 Å². The monoisotopic (exact) mass is 268 g/mol. The zero-order valence-corrected chi connectivity index (χ0v) is 12.0. The number of hydrogen-bond acceptors (Lipinski definition) is 3. The first kappa shape index (κ1) is 13.7. The third-order valence-electron chi connectivity index (χ3n) is 3.84. The minimum atomic E-state index is 0.353. The standard InChI is InChI=1S/C14H21ClN2O/c1-9-4-14(18-3)11(6-12(9)15)13-5-10(7-16)8-17(13)2/h4,6,10,13H,5,7-8,16H2,1-3H3. The van der Waals surface area contributed by atoms with E-state index in [9.17, 15) is 0 Å². The number of halogens is 1. The molecule has 1 saturated heterocycles. The van der Waals surface area contributed by atoms with Crippen LogP contribution < -0.4 is 10.5 Å². The predicted molar refractivity (Wildman–Crippen MR) is 75.3 cm³/mol. The Morgan fingerprint density at radius 1 is 1.50 bits per heavy atom. The predicted octanol–water partition coefficient (Wildman–Crippen LogP) is 2.61. The summed E-state index contributed by atoms with van der Waals surface area (Å²) in [6.07, 6.45) is 1.07. The highest BCUT2D eigenvalue weighted by Crippen LogP contribution is 2.40. The molecular weight excluding hydrogens is 248 g/mol. The van der Waals surface area contributed by atoms with Gasteiger partial charge >= 0.3 is 0 Å². The topological polar surface area (TPSA) is 38.5 Å². The summed E-state index contributed by atoms with van der Waals surface area (Å²) < 4.78 is 5.49. The highest BCUT2D eigenvalue weighted by Gasteiger charge is 2.31. The van der Waals surface area contributed by atoms with Crippen LogP contribution in [0, 0.1) is 12.8 Å². The van der Waals surface area contributed by atoms with E-state index in [0.29, 0.717) is 12.0 Å². The molecule has 1 aromatic carbocycles. The number of rotatable bonds is 3. The molecule has 0 amide bonds. The Hall–Kier alpha value is -0.770. The van der Waals surface area contributed by atoms with Crippen LogP contribution in [-0.4, -0.2) is 32.1 Å². The maximum absolute atomic E-state index is 6.24. The van der Waals surface area contributed by atoms with Crippen molar-refractivity contribution in [2.75, 3.05) is 27.2 Å². The summed E-state index contributed by atoms with van der Waals surface area (Å²) in [4.78, 5) is 2.33. The van der Waals surface area contributed by atoms with Crippen molar-refractivity contribution in [1.82, 2.24) is 4.90 Å². The zero-order chi connectivity index (χ0) is 13.3. The van der Waals surface area contributed by atoms with E-state index in [1.807, 2.05) is 19.1 Å². The van der Waals surface area contributed by atoms with Crippen LogP contribution >= 0.6 is 11.6 Å². The molecule has 1 fully saturated rings. The molecule has 100 valence electrons. The molecule has 1 aliphatic heterocycles. The second-order valence-electron chi connectivity index (χ2n) is 5.14. The van der Waals surface area contributed by atoms with E-state index in [1.165, 1.54) is 5.56 Å². The first-order chi connectivity index (χ1) is 8.56. The van der Waals surface area contributed by atoms with Gasteiger partial charge in [0.25, 0.3) is 0 Å². The summed E-state index contributed by atoms with van der Waals surface area (Å²) >= 11 is 6.24. The fraction of sp³-hybridized carbons (Fsp3) is 0.571. The van der Waals surface area contributed by atoms with Crippen LogP contribution in [0.25, 0.3) is 0 Å². The third kappa shape index (κ3) is 2.48. The van der Waals surface area contributed by atoms with Gasteiger partial charge < -0.3 is 10.5 Å². The number of hydrogen-bond donors (Lipinski definition) is 1. The molecule has 0 radical (unpaired) electrons. The van der Waals surface area contributed by atoms with Gasteiger partial charge in [0, 0.05) is 23.2 Å². The summed E-state index contributed by atoms with van der Waals surface area (Å²) in [5.74, 6) is 1.48. The van der Waals surface area contributed by atoms with Crippen LogP contribution in [0.4, 0.5) is 0 Å². The zero-order valence-electron chi connectivity index (χ0n) is 11.2. The largest absolute Gasteiger partial charge is 0.496 e. The van der Waals surface area contributed by atoms with Gasteiger partial charge in [-0.2, -0.15) is 0 Å². The highest BCUT2D eigenvalue weighted by atomic mass is 35.5. The molecule has 2 atom stereocenters. The second-order valence-corrected chi connectivity index (χ2v) is 5.54. The highest BCUT2D eigenvalue weighted by molar-refractivity contribution is 6.31. The van der Waals surface area contributed by atoms with Crippen molar-refractivity contribution >= 4 is 11.6 Å². The molecule has 4 heteroatoms. The number of ether oxygens (including phenoxy) is 1. The first-order valence-electron chi connectivity index (χ1n) is 6.31. The van der Waals surface area contributed by atoms with Gasteiger partial charge in [0.1, 0.15) is 5.75 Å². The average Bonchev–Trinajstić information content (AvgIpc) is 2.73. The third-order valence-corrected chi connectivity index (χ3v) is 4.25. The Balaban J connectivity index is 2.35. The van der Waals surface area contributed by atoms with Crippen molar-refractivity contribution in [2.24, 2.45) is 11.7 Å². The van der Waals surface area contributed by atoms with E-state index in [1.54, 1.807) is 7.11 Å². The van der Waals surface area contributed by atoms with E-state index in [0.717, 1.165) is 35.8 Å². The Morgan fingerprint density at radius 3 is 2.78 bits per heavy atom. The van der Waals surface area contributed by atoms with Gasteiger partial charge in [0.05, 0.1) is 7.11 Å². The lowest BCUT2D eigenvalue weighted by molar-refractivity contribution is 0.303. The number of nitrogens with zero attached hydrogens (tertiary/aromatic N) is 1. The van der Waals surface area contributed by atoms with Gasteiger partial charge in [-0.25, -0.2) is 0 Å². The normalized spacial score (nSPS) is 24.5. The van der Waals surface area contributed by atoms with Gasteiger partial charge in [0.15, 0.2) is 0 Å². The first-order valence-corrected chi connectivity index (χ1v) is 6.69. The van der Waals surface area contributed by atoms with Gasteiger partial charge in [-0.15, -0.1) is 0 Å². The van der Waals surface area contributed by atoms with Crippen LogP contribution in [0.5, 0.6) is 5.75 Å². The molecule has 1 aliphatic rings. The summed E-state index contributed by atoms with van der Waals surface area (Å²) in [5, 5.41) is 0.801. The molecular formula is C14H21ClN2O. The molecule has 1 aromatic rings. The van der Waals surface area contributed by atoms with Crippen LogP contribution in [-0.2, 0) is 0 Å². The summed E-state index contributed by atoms with van der Waals surface area (Å²) in [7, 11) is 3.84. The number of benzene rings is 1. The SMILES string of the molecule is COc1cc(C)c(Cl)cc1C1CC(CN)CN1C. The quantitative estimate of drug-likeness (QED) is 0.916. The number of methoxy groups -OCH3 is 1. The van der Waals surface area contributed by atoms with Gasteiger partial charge in [-0.1, -0.05) is 11.6 Å². The Morgan fingerprint density at radius 2 is 2.22 bits per heavy atom. The molecule has 1 heterocycles. The lowest BCUT2D eigenvalue weighted by Gasteiger charge is -2.22. The maximum Gasteiger partial charge on any atom is 0.124 e. The number of nitrogens with two attached hydrogens (primary N) is 1. The summed E-state index contributed by atoms with van der Waals surface area (Å²) in [6.45, 7) is 3.77. The molecule has 2 N–H and O–H groups in total. The minimum absolute atomic E-state index is 0.353. The van der Waals surface area contributed by atoms with Crippen LogP contribution in [0.2, 0.25) is 5.02 Å². The second kappa shape index (κ2) is 5.47.